The van der Waals surface area contributed by atoms with Gasteiger partial charge in [0.25, 0.3) is 0 Å². The van der Waals surface area contributed by atoms with Crippen LogP contribution in [0.5, 0.6) is 0 Å². The molecule has 0 spiro atoms. The molecule has 0 atom stereocenters. The molecule has 6 nitrogen and oxygen atoms in total. The van der Waals surface area contributed by atoms with Gasteiger partial charge < -0.3 is 14.2 Å². The van der Waals surface area contributed by atoms with E-state index >= 15 is 0 Å². The molecule has 38 heavy (non-hydrogen) atoms. The lowest BCUT2D eigenvalue weighted by molar-refractivity contribution is -0.187. The van der Waals surface area contributed by atoms with Crippen LogP contribution in [0.25, 0.3) is 0 Å². The summed E-state index contributed by atoms with van der Waals surface area (Å²) in [7, 11) is 0. The molecule has 0 N–H and O–H groups in total. The van der Waals surface area contributed by atoms with Crippen LogP contribution in [0.3, 0.4) is 0 Å². The topological polar surface area (TPSA) is 78.9 Å². The normalized spacial score (nSPS) is 12.2. The fourth-order valence-corrected chi connectivity index (χ4v) is 4.27. The van der Waals surface area contributed by atoms with Crippen molar-refractivity contribution in [2.24, 2.45) is 5.41 Å². The lowest BCUT2D eigenvalue weighted by Gasteiger charge is -2.35. The smallest absolute Gasteiger partial charge is 0.324 e. The highest BCUT2D eigenvalue weighted by molar-refractivity contribution is 6.00. The summed E-state index contributed by atoms with van der Waals surface area (Å²) in [5.74, 6) is -1.50. The number of carbonyl (C=O) groups excluding carboxylic acids is 3. The van der Waals surface area contributed by atoms with E-state index < -0.39 is 28.6 Å². The molecule has 1 aromatic carbocycles. The van der Waals surface area contributed by atoms with Crippen LogP contribution in [-0.4, -0.2) is 29.1 Å². The highest BCUT2D eigenvalue weighted by Gasteiger charge is 2.50. The lowest BCUT2D eigenvalue weighted by atomic mass is 9.77. The van der Waals surface area contributed by atoms with Gasteiger partial charge in [-0.15, -0.1) is 0 Å². The van der Waals surface area contributed by atoms with Crippen LogP contribution in [0.1, 0.15) is 131 Å². The van der Waals surface area contributed by atoms with Crippen LogP contribution >= 0.6 is 0 Å². The van der Waals surface area contributed by atoms with Crippen molar-refractivity contribution >= 4 is 17.9 Å². The van der Waals surface area contributed by atoms with Crippen LogP contribution < -0.4 is 0 Å². The molecule has 0 aliphatic heterocycles. The van der Waals surface area contributed by atoms with E-state index in [4.69, 9.17) is 14.2 Å². The zero-order valence-electron chi connectivity index (χ0n) is 25.0. The second-order valence-electron chi connectivity index (χ2n) is 12.3. The summed E-state index contributed by atoms with van der Waals surface area (Å²) in [5.41, 5.74) is -2.05. The van der Waals surface area contributed by atoms with E-state index in [1.54, 1.807) is 41.5 Å². The van der Waals surface area contributed by atoms with Gasteiger partial charge in [-0.3, -0.25) is 14.4 Å². The van der Waals surface area contributed by atoms with Crippen molar-refractivity contribution in [2.45, 2.75) is 143 Å². The van der Waals surface area contributed by atoms with Crippen molar-refractivity contribution in [3.8, 4) is 0 Å². The number of unbranched alkanes of at least 4 members (excludes halogenated alkanes) is 7. The molecule has 0 radical (unpaired) electrons. The summed E-state index contributed by atoms with van der Waals surface area (Å²) in [6.07, 6.45) is 9.73. The third-order valence-electron chi connectivity index (χ3n) is 6.26. The Morgan fingerprint density at radius 2 is 1.13 bits per heavy atom. The Bertz CT molecular complexity index is 804. The molecule has 0 aromatic heterocycles. The molecule has 216 valence electrons. The van der Waals surface area contributed by atoms with E-state index in [9.17, 15) is 14.4 Å². The van der Waals surface area contributed by atoms with Crippen molar-refractivity contribution in [1.29, 1.82) is 0 Å². The van der Waals surface area contributed by atoms with Crippen LogP contribution in [0, 0.1) is 5.41 Å². The van der Waals surface area contributed by atoms with Gasteiger partial charge in [0.05, 0.1) is 0 Å². The molecule has 1 rings (SSSR count). The van der Waals surface area contributed by atoms with Crippen molar-refractivity contribution < 1.29 is 28.6 Å². The summed E-state index contributed by atoms with van der Waals surface area (Å²) in [4.78, 5) is 39.6. The van der Waals surface area contributed by atoms with Gasteiger partial charge in [-0.1, -0.05) is 88.6 Å². The van der Waals surface area contributed by atoms with E-state index in [0.29, 0.717) is 19.3 Å². The van der Waals surface area contributed by atoms with E-state index in [0.717, 1.165) is 24.8 Å². The Morgan fingerprint density at radius 3 is 1.63 bits per heavy atom. The first-order valence-corrected chi connectivity index (χ1v) is 14.5. The number of benzene rings is 1. The fraction of sp³-hybridized carbons (Fsp3) is 0.719. The van der Waals surface area contributed by atoms with Gasteiger partial charge in [0.2, 0.25) is 0 Å². The van der Waals surface area contributed by atoms with Crippen LogP contribution in [0.15, 0.2) is 30.3 Å². The predicted octanol–water partition coefficient (Wildman–Crippen LogP) is 8.10. The summed E-state index contributed by atoms with van der Waals surface area (Å²) in [5, 5.41) is 0. The van der Waals surface area contributed by atoms with Gasteiger partial charge >= 0.3 is 17.9 Å². The van der Waals surface area contributed by atoms with Crippen LogP contribution in [-0.2, 0) is 35.2 Å². The van der Waals surface area contributed by atoms with E-state index in [1.165, 1.54) is 25.7 Å². The van der Waals surface area contributed by atoms with Gasteiger partial charge in [0.15, 0.2) is 5.41 Å². The number of rotatable bonds is 17. The van der Waals surface area contributed by atoms with Gasteiger partial charge in [0, 0.05) is 6.42 Å². The Kier molecular flexibility index (Phi) is 14.7. The van der Waals surface area contributed by atoms with Crippen molar-refractivity contribution in [2.75, 3.05) is 0 Å². The number of hydrogen-bond donors (Lipinski definition) is 0. The largest absolute Gasteiger partial charge is 0.461 e. The second kappa shape index (κ2) is 16.6. The maximum Gasteiger partial charge on any atom is 0.324 e. The molecule has 0 fully saturated rings. The Balaban J connectivity index is 2.93. The van der Waals surface area contributed by atoms with E-state index in [1.807, 2.05) is 30.3 Å². The van der Waals surface area contributed by atoms with Crippen molar-refractivity contribution in [3.63, 3.8) is 0 Å². The fourth-order valence-electron chi connectivity index (χ4n) is 4.27. The van der Waals surface area contributed by atoms with Gasteiger partial charge in [-0.25, -0.2) is 0 Å². The van der Waals surface area contributed by atoms with Crippen molar-refractivity contribution in [1.82, 2.24) is 0 Å². The first-order valence-electron chi connectivity index (χ1n) is 14.5. The molecule has 0 heterocycles. The minimum atomic E-state index is -1.46. The van der Waals surface area contributed by atoms with Gasteiger partial charge in [-0.05, 0) is 66.4 Å². The highest BCUT2D eigenvalue weighted by atomic mass is 16.6. The highest BCUT2D eigenvalue weighted by Crippen LogP contribution is 2.37. The molecular formula is C32H52O6. The first-order chi connectivity index (χ1) is 17.8. The molecule has 0 unspecified atom stereocenters. The van der Waals surface area contributed by atoms with E-state index in [2.05, 4.69) is 6.92 Å². The average molecular weight is 533 g/mol. The Hall–Kier alpha value is -2.37. The maximum atomic E-state index is 13.6. The van der Waals surface area contributed by atoms with Gasteiger partial charge in [0.1, 0.15) is 17.8 Å². The van der Waals surface area contributed by atoms with Crippen molar-refractivity contribution in [3.05, 3.63) is 35.9 Å². The monoisotopic (exact) mass is 532 g/mol. The summed E-state index contributed by atoms with van der Waals surface area (Å²) >= 11 is 0. The molecule has 0 amide bonds. The number of hydrogen-bond acceptors (Lipinski definition) is 6. The lowest BCUT2D eigenvalue weighted by Crippen LogP contribution is -2.47. The molecule has 0 aliphatic carbocycles. The standard InChI is InChI=1S/C32H52O6/c1-8-9-10-11-12-13-14-18-23-32(28(34)37-30(2,3)4,29(35)38-31(5,6)7)24-19-22-27(33)36-25-26-20-16-15-17-21-26/h15-17,20-21H,8-14,18-19,22-25H2,1-7H3. The first kappa shape index (κ1) is 33.7. The molecule has 1 aromatic rings. The van der Waals surface area contributed by atoms with E-state index in [-0.39, 0.29) is 25.4 Å². The Labute approximate surface area is 231 Å². The summed E-state index contributed by atoms with van der Waals surface area (Å²) in [6.45, 7) is 13.2. The Morgan fingerprint density at radius 1 is 0.658 bits per heavy atom. The molecule has 0 bridgehead atoms. The zero-order chi connectivity index (χ0) is 28.7. The van der Waals surface area contributed by atoms with Crippen LogP contribution in [0.2, 0.25) is 0 Å². The van der Waals surface area contributed by atoms with Crippen LogP contribution in [0.4, 0.5) is 0 Å². The number of ether oxygens (including phenoxy) is 3. The molecular weight excluding hydrogens is 480 g/mol. The summed E-state index contributed by atoms with van der Waals surface area (Å²) < 4.78 is 16.9. The molecule has 6 heteroatoms. The predicted molar refractivity (Wildman–Crippen MR) is 151 cm³/mol. The van der Waals surface area contributed by atoms with Gasteiger partial charge in [-0.2, -0.15) is 0 Å². The molecule has 0 saturated heterocycles. The maximum absolute atomic E-state index is 13.6. The zero-order valence-corrected chi connectivity index (χ0v) is 25.0. The number of esters is 3. The number of carbonyl (C=O) groups is 3. The molecule has 0 saturated carbocycles. The third-order valence-corrected chi connectivity index (χ3v) is 6.26. The SMILES string of the molecule is CCCCCCCCCCC(CCCC(=O)OCc1ccccc1)(C(=O)OC(C)(C)C)C(=O)OC(C)(C)C. The molecule has 0 aliphatic rings. The summed E-state index contributed by atoms with van der Waals surface area (Å²) in [6, 6.07) is 9.49. The second-order valence-corrected chi connectivity index (χ2v) is 12.3. The quantitative estimate of drug-likeness (QED) is 0.0873. The minimum absolute atomic E-state index is 0.109. The third kappa shape index (κ3) is 14.0. The minimum Gasteiger partial charge on any atom is -0.461 e. The average Bonchev–Trinajstić information content (AvgIpc) is 2.81.